The molecule has 2 heterocycles. The summed E-state index contributed by atoms with van der Waals surface area (Å²) in [5.74, 6) is -1.31. The molecular weight excluding hydrogens is 376 g/mol. The van der Waals surface area contributed by atoms with Crippen LogP contribution in [0.2, 0.25) is 0 Å². The molecule has 1 aromatic heterocycles. The third-order valence-electron chi connectivity index (χ3n) is 5.27. The molecule has 1 aromatic carbocycles. The fourth-order valence-electron chi connectivity index (χ4n) is 3.66. The van der Waals surface area contributed by atoms with Crippen LogP contribution in [0.25, 0.3) is 0 Å². The Kier molecular flexibility index (Phi) is 5.40. The number of hydrogen-bond acceptors (Lipinski definition) is 6. The van der Waals surface area contributed by atoms with Crippen LogP contribution in [0.4, 0.5) is 10.5 Å². The molecule has 1 aliphatic heterocycles. The molecule has 29 heavy (non-hydrogen) atoms. The van der Waals surface area contributed by atoms with Crippen molar-refractivity contribution >= 4 is 23.5 Å². The molecule has 1 saturated heterocycles. The van der Waals surface area contributed by atoms with Crippen LogP contribution >= 0.6 is 0 Å². The van der Waals surface area contributed by atoms with Crippen molar-refractivity contribution in [1.82, 2.24) is 14.8 Å². The lowest BCUT2D eigenvalue weighted by Crippen LogP contribution is -2.63. The van der Waals surface area contributed by atoms with E-state index in [1.165, 1.54) is 32.3 Å². The van der Waals surface area contributed by atoms with Crippen molar-refractivity contribution in [2.75, 3.05) is 14.1 Å². The number of carbonyl (C=O) groups is 3. The molecule has 0 unspecified atom stereocenters. The van der Waals surface area contributed by atoms with Crippen molar-refractivity contribution in [3.63, 3.8) is 0 Å². The van der Waals surface area contributed by atoms with Crippen LogP contribution in [-0.2, 0) is 22.4 Å². The lowest BCUT2D eigenvalue weighted by atomic mass is 9.73. The molecule has 0 N–H and O–H groups in total. The average molecular weight is 396 g/mol. The van der Waals surface area contributed by atoms with Crippen LogP contribution in [-0.4, -0.2) is 51.6 Å². The van der Waals surface area contributed by atoms with Crippen molar-refractivity contribution < 1.29 is 19.3 Å². The maximum atomic E-state index is 13.2. The van der Waals surface area contributed by atoms with Gasteiger partial charge in [-0.05, 0) is 30.5 Å². The minimum atomic E-state index is -1.62. The predicted molar refractivity (Wildman–Crippen MR) is 103 cm³/mol. The Bertz CT molecular complexity index is 952. The number of nitro benzene ring substituents is 1. The van der Waals surface area contributed by atoms with Crippen molar-refractivity contribution in [2.24, 2.45) is 5.41 Å². The summed E-state index contributed by atoms with van der Waals surface area (Å²) < 4.78 is 0. The second-order valence-corrected chi connectivity index (χ2v) is 7.01. The van der Waals surface area contributed by atoms with Crippen LogP contribution in [0.15, 0.2) is 48.8 Å². The molecule has 0 aliphatic carbocycles. The first-order valence-electron chi connectivity index (χ1n) is 8.99. The van der Waals surface area contributed by atoms with Gasteiger partial charge in [0.1, 0.15) is 5.41 Å². The van der Waals surface area contributed by atoms with E-state index in [2.05, 4.69) is 4.98 Å². The van der Waals surface area contributed by atoms with Crippen molar-refractivity contribution in [3.05, 3.63) is 70.0 Å². The number of nitro groups is 1. The largest absolute Gasteiger partial charge is 0.332 e. The number of rotatable bonds is 6. The third-order valence-corrected chi connectivity index (χ3v) is 5.27. The molecule has 9 nitrogen and oxygen atoms in total. The Balaban J connectivity index is 2.06. The minimum Gasteiger partial charge on any atom is -0.273 e. The van der Waals surface area contributed by atoms with Crippen LogP contribution in [0.3, 0.4) is 0 Å². The number of hydrogen-bond donors (Lipinski definition) is 0. The number of pyridine rings is 1. The molecule has 0 radical (unpaired) electrons. The summed E-state index contributed by atoms with van der Waals surface area (Å²) in [6.07, 6.45) is 3.51. The van der Waals surface area contributed by atoms with E-state index >= 15 is 0 Å². The first kappa shape index (κ1) is 20.1. The maximum Gasteiger partial charge on any atom is 0.332 e. The zero-order valence-corrected chi connectivity index (χ0v) is 16.1. The fraction of sp³-hybridized carbons (Fsp3) is 0.300. The van der Waals surface area contributed by atoms with Gasteiger partial charge in [0.05, 0.1) is 4.92 Å². The van der Waals surface area contributed by atoms with E-state index in [-0.39, 0.29) is 24.1 Å². The molecule has 0 bridgehead atoms. The third kappa shape index (κ3) is 3.58. The predicted octanol–water partition coefficient (Wildman–Crippen LogP) is 2.20. The van der Waals surface area contributed by atoms with E-state index in [0.717, 1.165) is 15.4 Å². The number of imide groups is 2. The summed E-state index contributed by atoms with van der Waals surface area (Å²) in [5, 5.41) is 11.4. The topological polar surface area (TPSA) is 114 Å². The molecule has 2 aromatic rings. The standard InChI is InChI=1S/C20H20N4O5/c1-22-17(25)20(18(26)23(2)19(22)27,10-7-14-8-11-21-12-9-14)13-15-5-3-4-6-16(15)24(28)29/h3-6,8-9,11-12H,7,10,13H2,1-2H3. The highest BCUT2D eigenvalue weighted by Gasteiger charge is 2.55. The van der Waals surface area contributed by atoms with Crippen LogP contribution in [0.5, 0.6) is 0 Å². The molecular formula is C20H20N4O5. The molecule has 150 valence electrons. The highest BCUT2D eigenvalue weighted by Crippen LogP contribution is 2.38. The summed E-state index contributed by atoms with van der Waals surface area (Å²) >= 11 is 0. The summed E-state index contributed by atoms with van der Waals surface area (Å²) in [6.45, 7) is 0. The van der Waals surface area contributed by atoms with E-state index < -0.39 is 28.2 Å². The zero-order valence-electron chi connectivity index (χ0n) is 16.1. The van der Waals surface area contributed by atoms with Gasteiger partial charge in [-0.3, -0.25) is 34.5 Å². The summed E-state index contributed by atoms with van der Waals surface area (Å²) in [6, 6.07) is 8.84. The van der Waals surface area contributed by atoms with Crippen LogP contribution < -0.4 is 0 Å². The second-order valence-electron chi connectivity index (χ2n) is 7.01. The number of benzene rings is 1. The van der Waals surface area contributed by atoms with Gasteiger partial charge in [0.25, 0.3) is 5.69 Å². The fourth-order valence-corrected chi connectivity index (χ4v) is 3.66. The first-order valence-corrected chi connectivity index (χ1v) is 8.99. The molecule has 1 aliphatic rings. The van der Waals surface area contributed by atoms with Gasteiger partial charge in [-0.1, -0.05) is 18.2 Å². The van der Waals surface area contributed by atoms with Gasteiger partial charge in [-0.15, -0.1) is 0 Å². The zero-order chi connectivity index (χ0) is 21.2. The van der Waals surface area contributed by atoms with E-state index in [9.17, 15) is 24.5 Å². The van der Waals surface area contributed by atoms with E-state index in [1.54, 1.807) is 30.6 Å². The number of carbonyl (C=O) groups excluding carboxylic acids is 3. The van der Waals surface area contributed by atoms with Gasteiger partial charge in [-0.25, -0.2) is 4.79 Å². The Hall–Kier alpha value is -3.62. The van der Waals surface area contributed by atoms with Crippen molar-refractivity contribution in [1.29, 1.82) is 0 Å². The Morgan fingerprint density at radius 2 is 1.59 bits per heavy atom. The SMILES string of the molecule is CN1C(=O)N(C)C(=O)C(CCc2ccncc2)(Cc2ccccc2[N+](=O)[O-])C1=O. The number of urea groups is 1. The number of nitrogens with zero attached hydrogens (tertiary/aromatic N) is 4. The molecule has 1 fully saturated rings. The minimum absolute atomic E-state index is 0.0999. The van der Waals surface area contributed by atoms with Gasteiger partial charge >= 0.3 is 6.03 Å². The second kappa shape index (κ2) is 7.78. The van der Waals surface area contributed by atoms with E-state index in [1.807, 2.05) is 0 Å². The molecule has 3 rings (SSSR count). The lowest BCUT2D eigenvalue weighted by molar-refractivity contribution is -0.385. The molecule has 4 amide bonds. The van der Waals surface area contributed by atoms with Crippen LogP contribution in [0.1, 0.15) is 17.5 Å². The average Bonchev–Trinajstić information content (AvgIpc) is 2.74. The lowest BCUT2D eigenvalue weighted by Gasteiger charge is -2.41. The maximum absolute atomic E-state index is 13.2. The number of barbiturate groups is 1. The Labute approximate surface area is 167 Å². The molecule has 9 heteroatoms. The molecule has 0 saturated carbocycles. The van der Waals surface area contributed by atoms with E-state index in [0.29, 0.717) is 6.42 Å². The highest BCUT2D eigenvalue weighted by molar-refractivity contribution is 6.19. The van der Waals surface area contributed by atoms with Gasteiger partial charge in [0, 0.05) is 44.5 Å². The monoisotopic (exact) mass is 396 g/mol. The van der Waals surface area contributed by atoms with Gasteiger partial charge < -0.3 is 0 Å². The van der Waals surface area contributed by atoms with Gasteiger partial charge in [-0.2, -0.15) is 0 Å². The normalized spacial score (nSPS) is 16.3. The number of aromatic nitrogens is 1. The molecule has 0 atom stereocenters. The van der Waals surface area contributed by atoms with Gasteiger partial charge in [0.15, 0.2) is 0 Å². The van der Waals surface area contributed by atoms with E-state index in [4.69, 9.17) is 0 Å². The first-order chi connectivity index (χ1) is 13.8. The molecule has 0 spiro atoms. The number of aryl methyl sites for hydroxylation is 1. The smallest absolute Gasteiger partial charge is 0.273 e. The van der Waals surface area contributed by atoms with Gasteiger partial charge in [0.2, 0.25) is 11.8 Å². The Morgan fingerprint density at radius 1 is 1.00 bits per heavy atom. The summed E-state index contributed by atoms with van der Waals surface area (Å²) in [7, 11) is 2.63. The summed E-state index contributed by atoms with van der Waals surface area (Å²) in [5.41, 5.74) is -0.652. The number of para-hydroxylation sites is 1. The highest BCUT2D eigenvalue weighted by atomic mass is 16.6. The van der Waals surface area contributed by atoms with Crippen molar-refractivity contribution in [2.45, 2.75) is 19.3 Å². The number of amides is 4. The quantitative estimate of drug-likeness (QED) is 0.420. The van der Waals surface area contributed by atoms with Crippen molar-refractivity contribution in [3.8, 4) is 0 Å². The Morgan fingerprint density at radius 3 is 2.17 bits per heavy atom. The van der Waals surface area contributed by atoms with Crippen LogP contribution in [0, 0.1) is 15.5 Å². The summed E-state index contributed by atoms with van der Waals surface area (Å²) in [4.78, 5) is 55.3.